The summed E-state index contributed by atoms with van der Waals surface area (Å²) in [6, 6.07) is 7.63. The third kappa shape index (κ3) is 2.19. The van der Waals surface area contributed by atoms with Gasteiger partial charge in [-0.2, -0.15) is 0 Å². The van der Waals surface area contributed by atoms with E-state index in [4.69, 9.17) is 9.15 Å². The molecule has 2 aliphatic rings. The maximum atomic E-state index is 12.5. The Morgan fingerprint density at radius 2 is 2.12 bits per heavy atom. The Hall–Kier alpha value is -2.40. The van der Waals surface area contributed by atoms with E-state index in [1.165, 1.54) is 7.11 Å². The maximum absolute atomic E-state index is 12.5. The van der Waals surface area contributed by atoms with E-state index in [0.717, 1.165) is 36.0 Å². The van der Waals surface area contributed by atoms with E-state index in [2.05, 4.69) is 11.9 Å². The van der Waals surface area contributed by atoms with Crippen LogP contribution in [0.25, 0.3) is 11.0 Å². The highest BCUT2D eigenvalue weighted by Crippen LogP contribution is 2.42. The van der Waals surface area contributed by atoms with E-state index < -0.39 is 0 Å². The van der Waals surface area contributed by atoms with Crippen LogP contribution >= 0.6 is 0 Å². The largest absolute Gasteiger partial charge is 0.466 e. The summed E-state index contributed by atoms with van der Waals surface area (Å²) in [5.41, 5.74) is 3.62. The van der Waals surface area contributed by atoms with Gasteiger partial charge in [-0.05, 0) is 30.7 Å². The number of ether oxygens (including phenoxy) is 1. The SMILES string of the molecule is COC(=O)C1=C2CCN(C)CC2c2c(c(=O)oc3ccccc23)C1. The molecule has 0 saturated carbocycles. The van der Waals surface area contributed by atoms with E-state index in [1.807, 2.05) is 24.3 Å². The summed E-state index contributed by atoms with van der Waals surface area (Å²) in [6.07, 6.45) is 1.12. The van der Waals surface area contributed by atoms with E-state index in [-0.39, 0.29) is 17.5 Å². The molecule has 4 rings (SSSR count). The molecule has 0 bridgehead atoms. The number of likely N-dealkylation sites (tertiary alicyclic amines) is 1. The minimum absolute atomic E-state index is 0.0376. The molecule has 5 nitrogen and oxygen atoms in total. The number of methoxy groups -OCH3 is 1. The number of fused-ring (bicyclic) bond motifs is 5. The molecule has 2 aromatic rings. The van der Waals surface area contributed by atoms with Crippen LogP contribution in [0.2, 0.25) is 0 Å². The number of piperidine rings is 1. The first-order valence-corrected chi connectivity index (χ1v) is 8.13. The maximum Gasteiger partial charge on any atom is 0.340 e. The molecule has 5 heteroatoms. The summed E-state index contributed by atoms with van der Waals surface area (Å²) in [5, 5.41) is 0.966. The van der Waals surface area contributed by atoms with Gasteiger partial charge < -0.3 is 14.1 Å². The fraction of sp³-hybridized carbons (Fsp3) is 0.368. The van der Waals surface area contributed by atoms with Crippen molar-refractivity contribution in [2.24, 2.45) is 0 Å². The third-order valence-electron chi connectivity index (χ3n) is 5.15. The monoisotopic (exact) mass is 325 g/mol. The van der Waals surface area contributed by atoms with Gasteiger partial charge in [0, 0.05) is 42.0 Å². The molecule has 124 valence electrons. The number of benzene rings is 1. The first-order valence-electron chi connectivity index (χ1n) is 8.13. The lowest BCUT2D eigenvalue weighted by molar-refractivity contribution is -0.136. The minimum atomic E-state index is -0.350. The van der Waals surface area contributed by atoms with Crippen molar-refractivity contribution in [1.29, 1.82) is 0 Å². The number of para-hydroxylation sites is 1. The molecule has 1 aromatic heterocycles. The number of esters is 1. The molecule has 0 N–H and O–H groups in total. The van der Waals surface area contributed by atoms with E-state index in [0.29, 0.717) is 23.1 Å². The highest BCUT2D eigenvalue weighted by Gasteiger charge is 2.37. The second-order valence-electron chi connectivity index (χ2n) is 6.51. The van der Waals surface area contributed by atoms with Crippen molar-refractivity contribution in [1.82, 2.24) is 4.90 Å². The molecule has 2 heterocycles. The smallest absolute Gasteiger partial charge is 0.340 e. The van der Waals surface area contributed by atoms with E-state index in [1.54, 1.807) is 0 Å². The fourth-order valence-electron chi connectivity index (χ4n) is 4.02. The number of hydrogen-bond donors (Lipinski definition) is 0. The van der Waals surface area contributed by atoms with Crippen LogP contribution in [-0.4, -0.2) is 38.1 Å². The number of carbonyl (C=O) groups is 1. The van der Waals surface area contributed by atoms with Crippen LogP contribution in [0.15, 0.2) is 44.6 Å². The predicted molar refractivity (Wildman–Crippen MR) is 90.1 cm³/mol. The van der Waals surface area contributed by atoms with Crippen molar-refractivity contribution in [3.05, 3.63) is 57.0 Å². The second-order valence-corrected chi connectivity index (χ2v) is 6.51. The summed E-state index contributed by atoms with van der Waals surface area (Å²) in [5.74, 6) is -0.298. The van der Waals surface area contributed by atoms with Crippen molar-refractivity contribution in [3.8, 4) is 0 Å². The normalized spacial score (nSPS) is 20.7. The lowest BCUT2D eigenvalue weighted by atomic mass is 9.74. The molecule has 1 aromatic carbocycles. The van der Waals surface area contributed by atoms with Gasteiger partial charge in [-0.25, -0.2) is 9.59 Å². The lowest BCUT2D eigenvalue weighted by Crippen LogP contribution is -2.37. The van der Waals surface area contributed by atoms with Crippen LogP contribution in [0, 0.1) is 0 Å². The number of nitrogens with zero attached hydrogens (tertiary/aromatic N) is 1. The van der Waals surface area contributed by atoms with Crippen LogP contribution in [-0.2, 0) is 16.0 Å². The standard InChI is InChI=1S/C19H19NO4/c1-20-8-7-11-13(18(21)23-2)9-14-17(15(11)10-20)12-5-3-4-6-16(12)24-19(14)22/h3-6,15H,7-10H2,1-2H3. The van der Waals surface area contributed by atoms with Crippen molar-refractivity contribution >= 4 is 16.9 Å². The summed E-state index contributed by atoms with van der Waals surface area (Å²) in [4.78, 5) is 27.0. The Morgan fingerprint density at radius 1 is 1.33 bits per heavy atom. The molecular weight excluding hydrogens is 306 g/mol. The van der Waals surface area contributed by atoms with Crippen molar-refractivity contribution in [2.75, 3.05) is 27.2 Å². The van der Waals surface area contributed by atoms with Crippen molar-refractivity contribution in [2.45, 2.75) is 18.8 Å². The molecule has 1 fully saturated rings. The van der Waals surface area contributed by atoms with Gasteiger partial charge in [0.05, 0.1) is 7.11 Å². The number of rotatable bonds is 1. The molecule has 0 amide bonds. The van der Waals surface area contributed by atoms with Crippen LogP contribution in [0.5, 0.6) is 0 Å². The Bertz CT molecular complexity index is 925. The predicted octanol–water partition coefficient (Wildman–Crippen LogP) is 2.24. The zero-order chi connectivity index (χ0) is 16.8. The Balaban J connectivity index is 2.01. The fourth-order valence-corrected chi connectivity index (χ4v) is 4.02. The van der Waals surface area contributed by atoms with Gasteiger partial charge in [0.25, 0.3) is 0 Å². The highest BCUT2D eigenvalue weighted by molar-refractivity contribution is 5.92. The lowest BCUT2D eigenvalue weighted by Gasteiger charge is -2.37. The average molecular weight is 325 g/mol. The topological polar surface area (TPSA) is 59.8 Å². The molecule has 1 unspecified atom stereocenters. The Labute approximate surface area is 139 Å². The zero-order valence-corrected chi connectivity index (χ0v) is 13.8. The highest BCUT2D eigenvalue weighted by atomic mass is 16.5. The summed E-state index contributed by atoms with van der Waals surface area (Å²) in [7, 11) is 3.45. The first-order chi connectivity index (χ1) is 11.6. The van der Waals surface area contributed by atoms with Gasteiger partial charge in [-0.3, -0.25) is 0 Å². The molecule has 1 atom stereocenters. The molecular formula is C19H19NO4. The van der Waals surface area contributed by atoms with E-state index in [9.17, 15) is 9.59 Å². The van der Waals surface area contributed by atoms with Gasteiger partial charge >= 0.3 is 11.6 Å². The van der Waals surface area contributed by atoms with Crippen LogP contribution in [0.4, 0.5) is 0 Å². The van der Waals surface area contributed by atoms with Crippen molar-refractivity contribution < 1.29 is 13.9 Å². The zero-order valence-electron chi connectivity index (χ0n) is 13.8. The Kier molecular flexibility index (Phi) is 3.53. The van der Waals surface area contributed by atoms with Crippen molar-refractivity contribution in [3.63, 3.8) is 0 Å². The van der Waals surface area contributed by atoms with Crippen LogP contribution in [0.1, 0.15) is 23.5 Å². The van der Waals surface area contributed by atoms with Gasteiger partial charge in [-0.1, -0.05) is 18.2 Å². The molecule has 24 heavy (non-hydrogen) atoms. The van der Waals surface area contributed by atoms with Gasteiger partial charge in [0.1, 0.15) is 5.58 Å². The van der Waals surface area contributed by atoms with E-state index >= 15 is 0 Å². The third-order valence-corrected chi connectivity index (χ3v) is 5.15. The number of hydrogen-bond acceptors (Lipinski definition) is 5. The molecule has 0 spiro atoms. The quantitative estimate of drug-likeness (QED) is 0.594. The molecule has 1 saturated heterocycles. The van der Waals surface area contributed by atoms with Crippen LogP contribution in [0.3, 0.4) is 0 Å². The van der Waals surface area contributed by atoms with Crippen LogP contribution < -0.4 is 5.63 Å². The minimum Gasteiger partial charge on any atom is -0.466 e. The second kappa shape index (κ2) is 5.60. The number of likely N-dealkylation sites (N-methyl/N-ethyl adjacent to an activating group) is 1. The average Bonchev–Trinajstić information content (AvgIpc) is 2.60. The summed E-state index contributed by atoms with van der Waals surface area (Å²) in [6.45, 7) is 1.69. The molecule has 0 radical (unpaired) electrons. The van der Waals surface area contributed by atoms with Gasteiger partial charge in [0.15, 0.2) is 0 Å². The summed E-state index contributed by atoms with van der Waals surface area (Å²) >= 11 is 0. The van der Waals surface area contributed by atoms with Gasteiger partial charge in [-0.15, -0.1) is 0 Å². The summed E-state index contributed by atoms with van der Waals surface area (Å²) < 4.78 is 10.4. The Morgan fingerprint density at radius 3 is 2.92 bits per heavy atom. The first kappa shape index (κ1) is 15.1. The molecule has 1 aliphatic heterocycles. The van der Waals surface area contributed by atoms with Gasteiger partial charge in [0.2, 0.25) is 0 Å². The molecule has 1 aliphatic carbocycles. The number of carbonyl (C=O) groups excluding carboxylic acids is 1.